The van der Waals surface area contributed by atoms with Gasteiger partial charge in [0.25, 0.3) is 0 Å². The molecule has 0 saturated carbocycles. The highest BCUT2D eigenvalue weighted by Crippen LogP contribution is 2.43. The first-order valence-corrected chi connectivity index (χ1v) is 7.68. The molecule has 2 nitrogen and oxygen atoms in total. The Morgan fingerprint density at radius 1 is 1.47 bits per heavy atom. The second-order valence-corrected chi connectivity index (χ2v) is 7.35. The van der Waals surface area contributed by atoms with E-state index in [1.165, 1.54) is 29.2 Å². The van der Waals surface area contributed by atoms with Crippen molar-refractivity contribution in [2.24, 2.45) is 5.41 Å². The number of aromatic nitrogens is 1. The average molecular weight is 251 g/mol. The lowest BCUT2D eigenvalue weighted by Gasteiger charge is -2.34. The minimum atomic E-state index is -0.260. The second kappa shape index (κ2) is 4.06. The zero-order valence-electron chi connectivity index (χ0n) is 10.6. The molecule has 0 radical (unpaired) electrons. The molecular weight excluding hydrogens is 230 g/mol. The van der Waals surface area contributed by atoms with Crippen molar-refractivity contribution in [2.75, 3.05) is 11.5 Å². The summed E-state index contributed by atoms with van der Waals surface area (Å²) < 4.78 is 2.44. The van der Waals surface area contributed by atoms with Crippen LogP contribution in [0, 0.1) is 5.41 Å². The van der Waals surface area contributed by atoms with Crippen molar-refractivity contribution in [2.45, 2.75) is 45.3 Å². The third-order valence-corrected chi connectivity index (χ3v) is 5.25. The minimum Gasteiger partial charge on any atom is -0.388 e. The summed E-state index contributed by atoms with van der Waals surface area (Å²) in [7, 11) is 0. The molecule has 1 aromatic rings. The zero-order chi connectivity index (χ0) is 12.0. The van der Waals surface area contributed by atoms with Gasteiger partial charge in [-0.1, -0.05) is 13.8 Å². The average Bonchev–Trinajstić information content (AvgIpc) is 2.82. The molecule has 1 fully saturated rings. The van der Waals surface area contributed by atoms with Crippen LogP contribution in [0.4, 0.5) is 0 Å². The number of aliphatic hydroxyl groups excluding tert-OH is 1. The van der Waals surface area contributed by atoms with Crippen molar-refractivity contribution < 1.29 is 5.11 Å². The van der Waals surface area contributed by atoms with Crippen LogP contribution >= 0.6 is 11.8 Å². The zero-order valence-corrected chi connectivity index (χ0v) is 11.5. The monoisotopic (exact) mass is 251 g/mol. The highest BCUT2D eigenvalue weighted by atomic mass is 32.2. The quantitative estimate of drug-likeness (QED) is 0.829. The molecule has 0 amide bonds. The molecule has 0 bridgehead atoms. The molecule has 1 aromatic heterocycles. The van der Waals surface area contributed by atoms with Crippen molar-refractivity contribution >= 4 is 11.8 Å². The summed E-state index contributed by atoms with van der Waals surface area (Å²) >= 11 is 2.05. The molecule has 0 aromatic carbocycles. The molecule has 1 N–H and O–H groups in total. The number of rotatable bonds is 1. The number of hydrogen-bond acceptors (Lipinski definition) is 2. The summed E-state index contributed by atoms with van der Waals surface area (Å²) in [6, 6.07) is 2.79. The van der Waals surface area contributed by atoms with Gasteiger partial charge in [-0.25, -0.2) is 0 Å². The maximum absolute atomic E-state index is 10.2. The normalized spacial score (nSPS) is 31.5. The number of hydrogen-bond donors (Lipinski definition) is 1. The first-order chi connectivity index (χ1) is 8.07. The molecule has 1 aliphatic carbocycles. The van der Waals surface area contributed by atoms with Crippen molar-refractivity contribution in [1.82, 2.24) is 4.57 Å². The highest BCUT2D eigenvalue weighted by Gasteiger charge is 2.34. The van der Waals surface area contributed by atoms with Gasteiger partial charge < -0.3 is 9.67 Å². The third kappa shape index (κ3) is 2.04. The lowest BCUT2D eigenvalue weighted by Crippen LogP contribution is -2.27. The summed E-state index contributed by atoms with van der Waals surface area (Å²) in [4.78, 5) is 0. The van der Waals surface area contributed by atoms with E-state index in [1.54, 1.807) is 0 Å². The maximum Gasteiger partial charge on any atom is 0.0812 e. The fraction of sp³-hybridized carbons (Fsp3) is 0.714. The summed E-state index contributed by atoms with van der Waals surface area (Å²) in [5, 5.41) is 10.2. The van der Waals surface area contributed by atoms with Crippen molar-refractivity contribution in [1.29, 1.82) is 0 Å². The lowest BCUT2D eigenvalue weighted by atomic mass is 9.75. The van der Waals surface area contributed by atoms with Crippen molar-refractivity contribution in [3.05, 3.63) is 23.5 Å². The van der Waals surface area contributed by atoms with Gasteiger partial charge in [-0.2, -0.15) is 11.8 Å². The summed E-state index contributed by atoms with van der Waals surface area (Å²) in [5.41, 5.74) is 2.80. The molecular formula is C14H21NOS. The maximum atomic E-state index is 10.2. The van der Waals surface area contributed by atoms with Gasteiger partial charge in [0, 0.05) is 29.2 Å². The molecule has 0 spiro atoms. The molecule has 17 heavy (non-hydrogen) atoms. The smallest absolute Gasteiger partial charge is 0.0812 e. The Balaban J connectivity index is 1.98. The molecule has 1 saturated heterocycles. The van der Waals surface area contributed by atoms with Gasteiger partial charge in [-0.15, -0.1) is 0 Å². The standard InChI is InChI=1S/C14H21NOS/c1-14(2)7-12-11(13(16)8-14)3-5-15(12)10-4-6-17-9-10/h3,5,10,13,16H,4,6-9H2,1-2H3. The Morgan fingerprint density at radius 3 is 3.00 bits per heavy atom. The molecule has 3 rings (SSSR count). The molecule has 1 aliphatic heterocycles. The lowest BCUT2D eigenvalue weighted by molar-refractivity contribution is 0.0976. The van der Waals surface area contributed by atoms with E-state index in [9.17, 15) is 5.11 Å². The van der Waals surface area contributed by atoms with Crippen molar-refractivity contribution in [3.8, 4) is 0 Å². The predicted molar refractivity (Wildman–Crippen MR) is 72.5 cm³/mol. The Hall–Kier alpha value is -0.410. The van der Waals surface area contributed by atoms with Crippen LogP contribution in [0.5, 0.6) is 0 Å². The van der Waals surface area contributed by atoms with Gasteiger partial charge in [-0.3, -0.25) is 0 Å². The van der Waals surface area contributed by atoms with E-state index < -0.39 is 0 Å². The minimum absolute atomic E-state index is 0.230. The Bertz CT molecular complexity index is 418. The van der Waals surface area contributed by atoms with E-state index >= 15 is 0 Å². The fourth-order valence-electron chi connectivity index (χ4n) is 3.23. The van der Waals surface area contributed by atoms with Gasteiger partial charge in [0.2, 0.25) is 0 Å². The summed E-state index contributed by atoms with van der Waals surface area (Å²) in [5.74, 6) is 2.52. The van der Waals surface area contributed by atoms with E-state index in [1.807, 2.05) is 11.8 Å². The first kappa shape index (κ1) is 11.7. The second-order valence-electron chi connectivity index (χ2n) is 6.20. The van der Waals surface area contributed by atoms with E-state index in [0.717, 1.165) is 12.8 Å². The predicted octanol–water partition coefficient (Wildman–Crippen LogP) is 3.17. The van der Waals surface area contributed by atoms with Crippen LogP contribution in [0.1, 0.15) is 50.1 Å². The summed E-state index contributed by atoms with van der Waals surface area (Å²) in [6.45, 7) is 4.53. The van der Waals surface area contributed by atoms with Crippen LogP contribution in [0.15, 0.2) is 12.3 Å². The highest BCUT2D eigenvalue weighted by molar-refractivity contribution is 7.99. The van der Waals surface area contributed by atoms with Crippen LogP contribution in [-0.4, -0.2) is 21.2 Å². The van der Waals surface area contributed by atoms with Gasteiger partial charge >= 0.3 is 0 Å². The Labute approximate surface area is 107 Å². The molecule has 2 atom stereocenters. The van der Waals surface area contributed by atoms with Crippen LogP contribution < -0.4 is 0 Å². The van der Waals surface area contributed by atoms with Crippen LogP contribution in [0.25, 0.3) is 0 Å². The molecule has 2 unspecified atom stereocenters. The van der Waals surface area contributed by atoms with Crippen molar-refractivity contribution in [3.63, 3.8) is 0 Å². The number of aliphatic hydroxyl groups is 1. The van der Waals surface area contributed by atoms with E-state index in [4.69, 9.17) is 0 Å². The van der Waals surface area contributed by atoms with Gasteiger partial charge in [0.15, 0.2) is 0 Å². The number of nitrogens with zero attached hydrogens (tertiary/aromatic N) is 1. The van der Waals surface area contributed by atoms with Gasteiger partial charge in [0.1, 0.15) is 0 Å². The topological polar surface area (TPSA) is 25.2 Å². The summed E-state index contributed by atoms with van der Waals surface area (Å²) in [6.07, 6.45) is 5.22. The van der Waals surface area contributed by atoms with E-state index in [-0.39, 0.29) is 11.5 Å². The Kier molecular flexibility index (Phi) is 2.79. The Morgan fingerprint density at radius 2 is 2.29 bits per heavy atom. The molecule has 94 valence electrons. The SMILES string of the molecule is CC1(C)Cc2c(ccn2C2CCSC2)C(O)C1. The molecule has 2 aliphatic rings. The third-order valence-electron chi connectivity index (χ3n) is 4.11. The number of fused-ring (bicyclic) bond motifs is 1. The molecule has 3 heteroatoms. The first-order valence-electron chi connectivity index (χ1n) is 6.52. The largest absolute Gasteiger partial charge is 0.388 e. The van der Waals surface area contributed by atoms with E-state index in [2.05, 4.69) is 30.7 Å². The number of thioether (sulfide) groups is 1. The molecule has 2 heterocycles. The van der Waals surface area contributed by atoms with Crippen LogP contribution in [0.3, 0.4) is 0 Å². The van der Waals surface area contributed by atoms with Crippen LogP contribution in [-0.2, 0) is 6.42 Å². The van der Waals surface area contributed by atoms with E-state index in [0.29, 0.717) is 6.04 Å². The van der Waals surface area contributed by atoms with Gasteiger partial charge in [0.05, 0.1) is 6.10 Å². The van der Waals surface area contributed by atoms with Crippen LogP contribution in [0.2, 0.25) is 0 Å². The fourth-order valence-corrected chi connectivity index (χ4v) is 4.44. The van der Waals surface area contributed by atoms with Gasteiger partial charge in [-0.05, 0) is 36.5 Å².